The van der Waals surface area contributed by atoms with Gasteiger partial charge in [0.15, 0.2) is 6.29 Å². The molecule has 0 radical (unpaired) electrons. The van der Waals surface area contributed by atoms with E-state index in [1.807, 2.05) is 61.7 Å². The Labute approximate surface area is 673 Å². The molecule has 113 heavy (non-hydrogen) atoms. The first-order valence-electron chi connectivity index (χ1n) is 41.4. The van der Waals surface area contributed by atoms with Crippen LogP contribution in [0.15, 0.2) is 217 Å². The largest absolute Gasteiger partial charge is 0.494 e. The van der Waals surface area contributed by atoms with Gasteiger partial charge in [0.25, 0.3) is 0 Å². The average Bonchev–Trinajstić information content (AvgIpc) is 1.30. The molecular weight excluding hydrogens is 1380 g/mol. The van der Waals surface area contributed by atoms with Crippen LogP contribution in [0.3, 0.4) is 0 Å². The molecule has 10 aliphatic rings. The van der Waals surface area contributed by atoms with Gasteiger partial charge in [-0.3, -0.25) is 4.98 Å². The number of rotatable bonds is 9. The lowest BCUT2D eigenvalue weighted by Crippen LogP contribution is -2.46. The second-order valence-corrected chi connectivity index (χ2v) is 34.8. The summed E-state index contributed by atoms with van der Waals surface area (Å²) >= 11 is 0. The van der Waals surface area contributed by atoms with Crippen molar-refractivity contribution in [2.24, 2.45) is 11.8 Å². The summed E-state index contributed by atoms with van der Waals surface area (Å²) in [5.41, 5.74) is 46.1. The van der Waals surface area contributed by atoms with Gasteiger partial charge in [-0.2, -0.15) is 0 Å². The number of allylic oxidation sites excluding steroid dienone is 5. The van der Waals surface area contributed by atoms with Crippen molar-refractivity contribution in [3.63, 3.8) is 0 Å². The maximum absolute atomic E-state index is 12.4. The quantitative estimate of drug-likeness (QED) is 0.0617. The molecule has 2 aliphatic heterocycles. The molecule has 20 rings (SSSR count). The molecule has 0 spiro atoms. The number of carbonyl (C=O) groups excluding carboxylic acids is 1. The molecule has 2 bridgehead atoms. The highest BCUT2D eigenvalue weighted by Gasteiger charge is 2.51. The highest BCUT2D eigenvalue weighted by atomic mass is 16.7. The van der Waals surface area contributed by atoms with E-state index in [1.165, 1.54) is 195 Å². The average molecular weight is 1490 g/mol. The molecular formula is C105H112BNO6. The van der Waals surface area contributed by atoms with Crippen molar-refractivity contribution in [3.05, 3.63) is 339 Å². The number of aromatic nitrogens is 1. The number of esters is 1. The molecule has 1 aromatic heterocycles. The van der Waals surface area contributed by atoms with Gasteiger partial charge in [0.1, 0.15) is 5.75 Å². The fourth-order valence-electron chi connectivity index (χ4n) is 18.9. The first kappa shape index (κ1) is 78.5. The summed E-state index contributed by atoms with van der Waals surface area (Å²) in [6.45, 7) is 39.7. The highest BCUT2D eigenvalue weighted by molar-refractivity contribution is 6.62. The van der Waals surface area contributed by atoms with E-state index in [1.54, 1.807) is 16.7 Å². The number of nitrogens with zero attached hydrogens (tertiary/aromatic N) is 1. The maximum Gasteiger partial charge on any atom is 0.494 e. The molecule has 5 fully saturated rings. The Morgan fingerprint density at radius 2 is 0.867 bits per heavy atom. The lowest BCUT2D eigenvalue weighted by atomic mass is 9.50. The number of hydrogen-bond acceptors (Lipinski definition) is 7. The third-order valence-electron chi connectivity index (χ3n) is 25.5. The molecule has 8 heteroatoms. The first-order chi connectivity index (χ1) is 54.4. The van der Waals surface area contributed by atoms with Gasteiger partial charge < -0.3 is 23.5 Å². The van der Waals surface area contributed by atoms with Crippen LogP contribution in [0.5, 0.6) is 5.75 Å². The summed E-state index contributed by atoms with van der Waals surface area (Å²) in [5, 5.41) is 0. The summed E-state index contributed by atoms with van der Waals surface area (Å²) in [7, 11) is -0.229. The van der Waals surface area contributed by atoms with Crippen LogP contribution in [-0.4, -0.2) is 44.5 Å². The van der Waals surface area contributed by atoms with Crippen molar-refractivity contribution >= 4 is 36.8 Å². The number of fused-ring (bicyclic) bond motifs is 8. The highest BCUT2D eigenvalue weighted by Crippen LogP contribution is 2.60. The van der Waals surface area contributed by atoms with E-state index in [9.17, 15) is 4.79 Å². The van der Waals surface area contributed by atoms with Crippen LogP contribution in [0.25, 0.3) is 51.7 Å². The number of aryl methyl sites for hydroxylation is 8. The van der Waals surface area contributed by atoms with Gasteiger partial charge >= 0.3 is 13.1 Å². The van der Waals surface area contributed by atoms with Crippen LogP contribution in [0.2, 0.25) is 0 Å². The molecule has 9 aromatic carbocycles. The van der Waals surface area contributed by atoms with Gasteiger partial charge in [-0.15, -0.1) is 0 Å². The molecule has 3 saturated carbocycles. The van der Waals surface area contributed by atoms with E-state index < -0.39 is 0 Å². The summed E-state index contributed by atoms with van der Waals surface area (Å²) in [6, 6.07) is 59.9. The third kappa shape index (κ3) is 16.9. The lowest BCUT2D eigenvalue weighted by molar-refractivity contribution is -0.202. The van der Waals surface area contributed by atoms with Crippen molar-refractivity contribution in [1.29, 1.82) is 0 Å². The lowest BCUT2D eigenvalue weighted by Gasteiger charge is -2.54. The van der Waals surface area contributed by atoms with Gasteiger partial charge in [0.05, 0.1) is 24.5 Å². The van der Waals surface area contributed by atoms with Crippen LogP contribution in [0.1, 0.15) is 207 Å². The zero-order chi connectivity index (χ0) is 79.0. The minimum absolute atomic E-state index is 0.171. The zero-order valence-corrected chi connectivity index (χ0v) is 69.1. The van der Waals surface area contributed by atoms with Crippen molar-refractivity contribution < 1.29 is 28.3 Å². The molecule has 0 N–H and O–H groups in total. The van der Waals surface area contributed by atoms with Gasteiger partial charge in [-0.05, 0) is 312 Å². The van der Waals surface area contributed by atoms with Crippen LogP contribution in [0.4, 0.5) is 0 Å². The minimum atomic E-state index is -0.340. The molecule has 10 aromatic rings. The van der Waals surface area contributed by atoms with Gasteiger partial charge in [-0.1, -0.05) is 241 Å². The molecule has 576 valence electrons. The Morgan fingerprint density at radius 1 is 0.416 bits per heavy atom. The van der Waals surface area contributed by atoms with E-state index >= 15 is 0 Å². The zero-order valence-electron chi connectivity index (χ0n) is 69.1. The van der Waals surface area contributed by atoms with Crippen LogP contribution in [0, 0.1) is 67.2 Å². The van der Waals surface area contributed by atoms with E-state index in [0.29, 0.717) is 34.0 Å². The summed E-state index contributed by atoms with van der Waals surface area (Å²) in [6.07, 6.45) is 24.1. The van der Waals surface area contributed by atoms with Crippen LogP contribution in [-0.2, 0) is 74.6 Å². The smallest absolute Gasteiger partial charge is 0.423 e. The summed E-state index contributed by atoms with van der Waals surface area (Å²) < 4.78 is 29.0. The molecule has 0 unspecified atom stereocenters. The monoisotopic (exact) mass is 1490 g/mol. The molecule has 0 amide bonds. The topological polar surface area (TPSA) is 76.1 Å². The van der Waals surface area contributed by atoms with Crippen molar-refractivity contribution in [3.8, 4) is 39.3 Å². The molecule has 7 nitrogen and oxygen atoms in total. The Bertz CT molecular complexity index is 5340. The molecule has 3 heterocycles. The Morgan fingerprint density at radius 3 is 1.46 bits per heavy atom. The second-order valence-electron chi connectivity index (χ2n) is 34.8. The number of hydrogen-bond donors (Lipinski definition) is 0. The number of pyridine rings is 1. The van der Waals surface area contributed by atoms with Gasteiger partial charge in [-0.25, -0.2) is 4.79 Å². The summed E-state index contributed by atoms with van der Waals surface area (Å²) in [4.78, 5) is 17.0. The predicted octanol–water partition coefficient (Wildman–Crippen LogP) is 24.3. The van der Waals surface area contributed by atoms with E-state index in [0.717, 1.165) is 81.8 Å². The number of ether oxygens (including phenoxy) is 3. The Balaban J connectivity index is 0.000000113. The Hall–Kier alpha value is -9.80. The standard InChI is InChI=1S/C26H30.C25H22O2.C21H23BO2.C17H17N.C16H20O2/c1-18-4-7-21(8-5-18)25-10-13-26(14-11-25,15-12-25)24-9-6-20(3)22-16-19(2)17-23(22)24;1-16-4-11-21(12-5-16)27-25(26)20-9-7-19(8-10-20)22-13-6-18(3)23-14-17(2)15-24(22)23;1-14-4-6-17(7-5-14)18-8-9-21(20-11-15(2)10-19(18)20)22-23-12-16(3)13-24-22;1-11-4-6-14(7-5-11)17-16-9-12(2)8-15(16)13(3)10-18-17;1-10-6-14-12(3)4-5-13(15(14)7-10)16-17-8-11(2)9-18-16/h4-9,16H,10-15,17H2,1-3H3;4-13H,2,14-15H2,1,3H3;4-9,16H,2,10-13H2,1,3H3;4-7,9-10H,8H2,1-3H3;4-6,11,16H,7-9H2,1-3H3. The maximum atomic E-state index is 12.4. The minimum Gasteiger partial charge on any atom is -0.423 e. The molecule has 0 atom stereocenters. The van der Waals surface area contributed by atoms with E-state index in [2.05, 4.69) is 241 Å². The van der Waals surface area contributed by atoms with Gasteiger partial charge in [0.2, 0.25) is 0 Å². The fraction of sp³-hybridized carbons (Fsp3) is 0.333. The summed E-state index contributed by atoms with van der Waals surface area (Å²) in [5.74, 6) is 1.19. The SMILES string of the molecule is C=C1Cc2c(B3OCC(C)CO3)ccc(-c3ccc(C)cc3)c2C1.C=C1Cc2c(C)ccc(-c3ccc(C(=O)Oc4ccc(C)cc4)cc3)c2C1.CC1=Cc2c(-c3ccc(C)cc3)ncc(C)c2C1.CC1=Cc2c(C)ccc(C34CCC(c5ccc(C)cc5)(CC3)CC4)c2C1.CC1=Cc2c(C)ccc(C3OCC(C)CO3)c2C1. The van der Waals surface area contributed by atoms with E-state index in [-0.39, 0.29) is 19.4 Å². The number of carbonyl (C=O) groups is 1. The van der Waals surface area contributed by atoms with Crippen molar-refractivity contribution in [1.82, 2.24) is 4.98 Å². The predicted molar refractivity (Wildman–Crippen MR) is 469 cm³/mol. The van der Waals surface area contributed by atoms with E-state index in [4.69, 9.17) is 23.5 Å². The van der Waals surface area contributed by atoms with Crippen molar-refractivity contribution in [2.45, 2.75) is 191 Å². The molecule has 2 saturated heterocycles. The van der Waals surface area contributed by atoms with Crippen molar-refractivity contribution in [2.75, 3.05) is 26.4 Å². The fourth-order valence-corrected chi connectivity index (χ4v) is 18.9. The second kappa shape index (κ2) is 33.3. The van der Waals surface area contributed by atoms with Crippen LogP contribution < -0.4 is 10.2 Å². The Kier molecular flexibility index (Phi) is 23.2. The first-order valence-corrected chi connectivity index (χ1v) is 41.4. The number of benzene rings is 9. The third-order valence-corrected chi connectivity index (χ3v) is 25.5. The molecule has 8 aliphatic carbocycles. The normalized spacial score (nSPS) is 20.1. The van der Waals surface area contributed by atoms with Gasteiger partial charge in [0, 0.05) is 42.0 Å². The van der Waals surface area contributed by atoms with Crippen LogP contribution >= 0.6 is 0 Å².